The minimum absolute atomic E-state index is 0.104. The summed E-state index contributed by atoms with van der Waals surface area (Å²) in [4.78, 5) is 28.0. The molecular weight excluding hydrogens is 460 g/mol. The molecule has 4 rings (SSSR count). The van der Waals surface area contributed by atoms with Crippen molar-refractivity contribution in [1.29, 1.82) is 0 Å². The second-order valence-corrected chi connectivity index (χ2v) is 9.34. The minimum Gasteiger partial charge on any atom is -0.491 e. The second-order valence-electron chi connectivity index (χ2n) is 9.34. The van der Waals surface area contributed by atoms with Crippen molar-refractivity contribution in [2.45, 2.75) is 52.4 Å². The van der Waals surface area contributed by atoms with E-state index in [1.807, 2.05) is 16.7 Å². The van der Waals surface area contributed by atoms with Gasteiger partial charge in [-0.1, -0.05) is 0 Å². The number of pyridine rings is 1. The summed E-state index contributed by atoms with van der Waals surface area (Å²) in [5, 5.41) is 14.8. The Morgan fingerprint density at radius 3 is 2.69 bits per heavy atom. The van der Waals surface area contributed by atoms with Gasteiger partial charge in [0.1, 0.15) is 24.0 Å². The molecule has 0 spiro atoms. The van der Waals surface area contributed by atoms with Gasteiger partial charge in [-0.2, -0.15) is 4.99 Å². The SMILES string of the molecule is COc1c(OC[C@H](O)CN(C(C)C)C(C)C)ccc2c3n(c(=NC(=O)c4cccnc4)nc12)CCN3. The molecule has 0 radical (unpaired) electrons. The highest BCUT2D eigenvalue weighted by molar-refractivity contribution is 5.96. The maximum Gasteiger partial charge on any atom is 0.281 e. The monoisotopic (exact) mass is 494 g/mol. The predicted molar refractivity (Wildman–Crippen MR) is 137 cm³/mol. The van der Waals surface area contributed by atoms with Crippen LogP contribution in [0.2, 0.25) is 0 Å². The first kappa shape index (κ1) is 25.6. The molecule has 1 aliphatic heterocycles. The minimum atomic E-state index is -0.678. The molecule has 10 heteroatoms. The summed E-state index contributed by atoms with van der Waals surface area (Å²) in [6.07, 6.45) is 2.41. The number of nitrogens with one attached hydrogen (secondary N) is 1. The molecule has 3 heterocycles. The molecule has 3 aromatic rings. The van der Waals surface area contributed by atoms with Crippen LogP contribution < -0.4 is 20.4 Å². The molecule has 192 valence electrons. The number of aliphatic hydroxyl groups is 1. The number of benzene rings is 1. The third-order valence-corrected chi connectivity index (χ3v) is 6.20. The fourth-order valence-corrected chi connectivity index (χ4v) is 4.49. The molecule has 1 amide bonds. The number of rotatable bonds is 9. The molecule has 0 bridgehead atoms. The summed E-state index contributed by atoms with van der Waals surface area (Å²) in [5.74, 6) is 1.27. The summed E-state index contributed by atoms with van der Waals surface area (Å²) in [6, 6.07) is 7.69. The summed E-state index contributed by atoms with van der Waals surface area (Å²) in [7, 11) is 1.55. The van der Waals surface area contributed by atoms with Gasteiger partial charge < -0.3 is 19.9 Å². The van der Waals surface area contributed by atoms with Crippen molar-refractivity contribution in [1.82, 2.24) is 19.4 Å². The lowest BCUT2D eigenvalue weighted by Gasteiger charge is -2.32. The topological polar surface area (TPSA) is 114 Å². The fraction of sp³-hybridized carbons (Fsp3) is 0.462. The predicted octanol–water partition coefficient (Wildman–Crippen LogP) is 2.46. The van der Waals surface area contributed by atoms with Gasteiger partial charge in [0.2, 0.25) is 5.62 Å². The van der Waals surface area contributed by atoms with E-state index in [1.54, 1.807) is 25.4 Å². The first-order valence-electron chi connectivity index (χ1n) is 12.2. The van der Waals surface area contributed by atoms with Gasteiger partial charge in [0.15, 0.2) is 11.5 Å². The third kappa shape index (κ3) is 5.34. The van der Waals surface area contributed by atoms with Crippen LogP contribution in [0.3, 0.4) is 0 Å². The van der Waals surface area contributed by atoms with Gasteiger partial charge in [-0.15, -0.1) is 0 Å². The molecule has 0 saturated carbocycles. The van der Waals surface area contributed by atoms with E-state index in [9.17, 15) is 9.90 Å². The highest BCUT2D eigenvalue weighted by Gasteiger charge is 2.22. The van der Waals surface area contributed by atoms with Crippen molar-refractivity contribution in [2.24, 2.45) is 4.99 Å². The molecule has 36 heavy (non-hydrogen) atoms. The number of nitrogens with zero attached hydrogens (tertiary/aromatic N) is 5. The smallest absolute Gasteiger partial charge is 0.281 e. The maximum atomic E-state index is 12.8. The average molecular weight is 495 g/mol. The number of methoxy groups -OCH3 is 1. The van der Waals surface area contributed by atoms with Gasteiger partial charge in [-0.25, -0.2) is 4.98 Å². The lowest BCUT2D eigenvalue weighted by molar-refractivity contribution is 0.0439. The first-order valence-corrected chi connectivity index (χ1v) is 12.2. The van der Waals surface area contributed by atoms with Gasteiger partial charge >= 0.3 is 0 Å². The standard InChI is InChI=1S/C26H34N6O4/c1-16(2)32(17(3)4)14-19(33)15-36-21-9-8-20-22(23(21)35-5)29-26(31-12-11-28-24(20)31)30-25(34)18-7-6-10-27-13-18/h6-10,13,16-17,19,28,33H,11-12,14-15H2,1-5H3/t19-/m1/s1. The molecule has 10 nitrogen and oxygen atoms in total. The van der Waals surface area contributed by atoms with Crippen LogP contribution in [0.1, 0.15) is 38.1 Å². The van der Waals surface area contributed by atoms with Gasteiger partial charge in [0, 0.05) is 49.5 Å². The number of hydrogen-bond acceptors (Lipinski definition) is 8. The zero-order chi connectivity index (χ0) is 25.8. The van der Waals surface area contributed by atoms with Crippen molar-refractivity contribution in [3.05, 3.63) is 47.8 Å². The van der Waals surface area contributed by atoms with Crippen molar-refractivity contribution < 1.29 is 19.4 Å². The fourth-order valence-electron chi connectivity index (χ4n) is 4.49. The number of fused-ring (bicyclic) bond motifs is 3. The van der Waals surface area contributed by atoms with E-state index in [0.29, 0.717) is 54.3 Å². The Morgan fingerprint density at radius 2 is 2.03 bits per heavy atom. The van der Waals surface area contributed by atoms with Crippen LogP contribution in [0.25, 0.3) is 10.9 Å². The Balaban J connectivity index is 1.68. The van der Waals surface area contributed by atoms with Gasteiger partial charge in [-0.05, 0) is 52.0 Å². The second kappa shape index (κ2) is 11.0. The number of aromatic nitrogens is 3. The molecule has 2 aromatic heterocycles. The number of aliphatic hydroxyl groups excluding tert-OH is 1. The van der Waals surface area contributed by atoms with Gasteiger partial charge in [-0.3, -0.25) is 19.2 Å². The Hall–Kier alpha value is -3.50. The van der Waals surface area contributed by atoms with E-state index in [2.05, 4.69) is 47.9 Å². The van der Waals surface area contributed by atoms with Crippen LogP contribution in [0.15, 0.2) is 41.7 Å². The Kier molecular flexibility index (Phi) is 7.85. The van der Waals surface area contributed by atoms with E-state index < -0.39 is 12.0 Å². The maximum absolute atomic E-state index is 12.8. The van der Waals surface area contributed by atoms with Crippen LogP contribution in [-0.2, 0) is 6.54 Å². The van der Waals surface area contributed by atoms with E-state index in [-0.39, 0.29) is 12.2 Å². The Bertz CT molecular complexity index is 1280. The normalized spacial score (nSPS) is 14.4. The van der Waals surface area contributed by atoms with Crippen LogP contribution in [0.5, 0.6) is 11.5 Å². The molecule has 1 aliphatic rings. The molecule has 1 atom stereocenters. The Morgan fingerprint density at radius 1 is 1.25 bits per heavy atom. The van der Waals surface area contributed by atoms with Crippen LogP contribution in [0, 0.1) is 0 Å². The third-order valence-electron chi connectivity index (χ3n) is 6.20. The largest absolute Gasteiger partial charge is 0.491 e. The molecule has 0 saturated heterocycles. The summed E-state index contributed by atoms with van der Waals surface area (Å²) in [5.41, 5.74) is 1.18. The van der Waals surface area contributed by atoms with E-state index in [1.165, 1.54) is 6.20 Å². The average Bonchev–Trinajstić information content (AvgIpc) is 3.36. The van der Waals surface area contributed by atoms with Crippen LogP contribution in [0.4, 0.5) is 5.82 Å². The van der Waals surface area contributed by atoms with E-state index in [0.717, 1.165) is 11.2 Å². The zero-order valence-corrected chi connectivity index (χ0v) is 21.4. The lowest BCUT2D eigenvalue weighted by atomic mass is 10.2. The molecule has 0 fully saturated rings. The first-order chi connectivity index (χ1) is 17.3. The molecule has 0 aliphatic carbocycles. The number of anilines is 1. The number of carbonyl (C=O) groups excluding carboxylic acids is 1. The summed E-state index contributed by atoms with van der Waals surface area (Å²) in [6.45, 7) is 10.4. The van der Waals surface area contributed by atoms with Gasteiger partial charge in [0.25, 0.3) is 5.91 Å². The van der Waals surface area contributed by atoms with Gasteiger partial charge in [0.05, 0.1) is 12.7 Å². The zero-order valence-electron chi connectivity index (χ0n) is 21.4. The highest BCUT2D eigenvalue weighted by atomic mass is 16.5. The highest BCUT2D eigenvalue weighted by Crippen LogP contribution is 2.37. The number of carbonyl (C=O) groups is 1. The quantitative estimate of drug-likeness (QED) is 0.466. The number of amides is 1. The van der Waals surface area contributed by atoms with E-state index >= 15 is 0 Å². The van der Waals surface area contributed by atoms with Crippen molar-refractivity contribution >= 4 is 22.6 Å². The summed E-state index contributed by atoms with van der Waals surface area (Å²) >= 11 is 0. The van der Waals surface area contributed by atoms with Crippen LogP contribution >= 0.6 is 0 Å². The van der Waals surface area contributed by atoms with Crippen molar-refractivity contribution in [3.63, 3.8) is 0 Å². The lowest BCUT2D eigenvalue weighted by Crippen LogP contribution is -2.43. The van der Waals surface area contributed by atoms with E-state index in [4.69, 9.17) is 14.5 Å². The number of ether oxygens (including phenoxy) is 2. The molecule has 2 N–H and O–H groups in total. The molecular formula is C26H34N6O4. The molecule has 1 aromatic carbocycles. The molecule has 0 unspecified atom stereocenters. The van der Waals surface area contributed by atoms with Crippen molar-refractivity contribution in [3.8, 4) is 11.5 Å². The Labute approximate surface area is 210 Å². The number of hydrogen-bond donors (Lipinski definition) is 2. The summed E-state index contributed by atoms with van der Waals surface area (Å²) < 4.78 is 13.6. The van der Waals surface area contributed by atoms with Crippen molar-refractivity contribution in [2.75, 3.05) is 32.1 Å². The van der Waals surface area contributed by atoms with Crippen LogP contribution in [-0.4, -0.2) is 75.4 Å².